The molecule has 17 heavy (non-hydrogen) atoms. The summed E-state index contributed by atoms with van der Waals surface area (Å²) >= 11 is 0. The summed E-state index contributed by atoms with van der Waals surface area (Å²) in [5.74, 6) is 0.489. The first-order chi connectivity index (χ1) is 8.03. The van der Waals surface area contributed by atoms with Gasteiger partial charge in [-0.05, 0) is 11.6 Å². The topological polar surface area (TPSA) is 3.24 Å². The molecule has 0 atom stereocenters. The number of benzene rings is 1. The molecule has 0 bridgehead atoms. The van der Waals surface area contributed by atoms with Crippen molar-refractivity contribution >= 4 is 5.69 Å². The van der Waals surface area contributed by atoms with Gasteiger partial charge in [0.2, 0.25) is 0 Å². The lowest BCUT2D eigenvalue weighted by atomic mass is 9.73. The van der Waals surface area contributed by atoms with Gasteiger partial charge in [-0.1, -0.05) is 56.4 Å². The van der Waals surface area contributed by atoms with Gasteiger partial charge in [0, 0.05) is 31.1 Å². The van der Waals surface area contributed by atoms with Crippen LogP contribution in [0.4, 0.5) is 5.69 Å². The summed E-state index contributed by atoms with van der Waals surface area (Å²) in [4.78, 5) is 2.19. The molecule has 1 aliphatic rings. The molecule has 2 rings (SSSR count). The summed E-state index contributed by atoms with van der Waals surface area (Å²) < 4.78 is 0. The molecule has 1 heteroatoms. The lowest BCUT2D eigenvalue weighted by Gasteiger charge is -2.33. The van der Waals surface area contributed by atoms with E-state index in [1.165, 1.54) is 11.3 Å². The molecule has 0 radical (unpaired) electrons. The van der Waals surface area contributed by atoms with Crippen LogP contribution in [0, 0.1) is 5.92 Å². The Morgan fingerprint density at radius 3 is 2.18 bits per heavy atom. The van der Waals surface area contributed by atoms with Crippen molar-refractivity contribution in [1.29, 1.82) is 0 Å². The van der Waals surface area contributed by atoms with E-state index in [9.17, 15) is 0 Å². The Labute approximate surface area is 104 Å². The van der Waals surface area contributed by atoms with Crippen molar-refractivity contribution < 1.29 is 0 Å². The third-order valence-corrected chi connectivity index (χ3v) is 3.66. The fourth-order valence-corrected chi connectivity index (χ4v) is 2.50. The largest absolute Gasteiger partial charge is 0.377 e. The summed E-state index contributed by atoms with van der Waals surface area (Å²) in [6.07, 6.45) is 8.86. The van der Waals surface area contributed by atoms with Crippen LogP contribution in [0.5, 0.6) is 0 Å². The highest BCUT2D eigenvalue weighted by Gasteiger charge is 2.31. The number of rotatable bonds is 3. The van der Waals surface area contributed by atoms with E-state index in [1.54, 1.807) is 0 Å². The minimum absolute atomic E-state index is 0.129. The van der Waals surface area contributed by atoms with E-state index >= 15 is 0 Å². The number of allylic oxidation sites excluding steroid dienone is 4. The molecular formula is C16H21N. The third-order valence-electron chi connectivity index (χ3n) is 3.66. The molecule has 0 saturated heterocycles. The van der Waals surface area contributed by atoms with E-state index in [2.05, 4.69) is 81.4 Å². The van der Waals surface area contributed by atoms with Crippen LogP contribution in [0.2, 0.25) is 0 Å². The quantitative estimate of drug-likeness (QED) is 0.759. The van der Waals surface area contributed by atoms with Crippen LogP contribution >= 0.6 is 0 Å². The van der Waals surface area contributed by atoms with Gasteiger partial charge in [0.25, 0.3) is 0 Å². The number of hydrogen-bond acceptors (Lipinski definition) is 1. The highest BCUT2D eigenvalue weighted by Crippen LogP contribution is 2.39. The Morgan fingerprint density at radius 2 is 1.59 bits per heavy atom. The van der Waals surface area contributed by atoms with E-state index in [0.29, 0.717) is 5.92 Å². The molecule has 0 amide bonds. The van der Waals surface area contributed by atoms with Crippen LogP contribution in [0.15, 0.2) is 48.6 Å². The summed E-state index contributed by atoms with van der Waals surface area (Å²) in [6.45, 7) is 4.64. The Balaban J connectivity index is 2.45. The zero-order chi connectivity index (χ0) is 12.5. The lowest BCUT2D eigenvalue weighted by Crippen LogP contribution is -2.28. The maximum Gasteiger partial charge on any atom is 0.0399 e. The summed E-state index contributed by atoms with van der Waals surface area (Å²) in [5, 5.41) is 0. The molecule has 1 aromatic carbocycles. The van der Waals surface area contributed by atoms with Crippen molar-refractivity contribution in [1.82, 2.24) is 0 Å². The van der Waals surface area contributed by atoms with Gasteiger partial charge in [0.15, 0.2) is 0 Å². The fraction of sp³-hybridized carbons (Fsp3) is 0.375. The first kappa shape index (κ1) is 12.0. The highest BCUT2D eigenvalue weighted by atomic mass is 15.1. The van der Waals surface area contributed by atoms with Crippen LogP contribution in [-0.4, -0.2) is 14.1 Å². The molecule has 90 valence electrons. The third kappa shape index (κ3) is 2.14. The van der Waals surface area contributed by atoms with Crippen LogP contribution in [-0.2, 0) is 5.41 Å². The molecule has 0 aromatic heterocycles. The van der Waals surface area contributed by atoms with Gasteiger partial charge >= 0.3 is 0 Å². The Hall–Kier alpha value is -1.50. The van der Waals surface area contributed by atoms with Gasteiger partial charge in [0.05, 0.1) is 0 Å². The summed E-state index contributed by atoms with van der Waals surface area (Å²) in [7, 11) is 4.21. The Kier molecular flexibility index (Phi) is 3.10. The second-order valence-corrected chi connectivity index (χ2v) is 5.43. The van der Waals surface area contributed by atoms with Crippen molar-refractivity contribution in [3.63, 3.8) is 0 Å². The molecule has 1 aliphatic carbocycles. The number of para-hydroxylation sites is 1. The van der Waals surface area contributed by atoms with E-state index < -0.39 is 0 Å². The zero-order valence-electron chi connectivity index (χ0n) is 11.1. The second kappa shape index (κ2) is 4.40. The summed E-state index contributed by atoms with van der Waals surface area (Å²) in [6, 6.07) is 8.68. The van der Waals surface area contributed by atoms with Crippen LogP contribution in [0.1, 0.15) is 19.4 Å². The zero-order valence-corrected chi connectivity index (χ0v) is 11.1. The normalized spacial score (nSPS) is 15.5. The number of anilines is 1. The molecule has 0 aliphatic heterocycles. The van der Waals surface area contributed by atoms with Gasteiger partial charge < -0.3 is 4.90 Å². The standard InChI is InChI=1S/C16H21N/c1-16(2,13-9-5-6-10-13)14-11-7-8-12-15(14)17(3)4/h5-13H,1-4H3. The van der Waals surface area contributed by atoms with Crippen molar-refractivity contribution in [2.75, 3.05) is 19.0 Å². The predicted molar refractivity (Wildman–Crippen MR) is 75.6 cm³/mol. The number of nitrogens with zero attached hydrogens (tertiary/aromatic N) is 1. The Morgan fingerprint density at radius 1 is 1.00 bits per heavy atom. The molecule has 0 unspecified atom stereocenters. The van der Waals surface area contributed by atoms with E-state index in [1.807, 2.05) is 0 Å². The van der Waals surface area contributed by atoms with E-state index in [0.717, 1.165) is 0 Å². The van der Waals surface area contributed by atoms with Crippen LogP contribution < -0.4 is 4.90 Å². The van der Waals surface area contributed by atoms with Gasteiger partial charge in [-0.25, -0.2) is 0 Å². The SMILES string of the molecule is CN(C)c1ccccc1C(C)(C)C1C=CC=C1. The molecule has 0 heterocycles. The lowest BCUT2D eigenvalue weighted by molar-refractivity contribution is 0.448. The van der Waals surface area contributed by atoms with Crippen molar-refractivity contribution in [3.8, 4) is 0 Å². The van der Waals surface area contributed by atoms with Crippen molar-refractivity contribution in [2.45, 2.75) is 19.3 Å². The van der Waals surface area contributed by atoms with Crippen molar-refractivity contribution in [3.05, 3.63) is 54.1 Å². The minimum atomic E-state index is 0.129. The molecule has 0 fully saturated rings. The van der Waals surface area contributed by atoms with Crippen molar-refractivity contribution in [2.24, 2.45) is 5.92 Å². The molecular weight excluding hydrogens is 206 g/mol. The Bertz CT molecular complexity index is 440. The smallest absolute Gasteiger partial charge is 0.0399 e. The monoisotopic (exact) mass is 227 g/mol. The second-order valence-electron chi connectivity index (χ2n) is 5.43. The minimum Gasteiger partial charge on any atom is -0.377 e. The average Bonchev–Trinajstić information content (AvgIpc) is 2.83. The van der Waals surface area contributed by atoms with Gasteiger partial charge in [-0.15, -0.1) is 0 Å². The van der Waals surface area contributed by atoms with E-state index in [4.69, 9.17) is 0 Å². The fourth-order valence-electron chi connectivity index (χ4n) is 2.50. The van der Waals surface area contributed by atoms with E-state index in [-0.39, 0.29) is 5.41 Å². The molecule has 0 saturated carbocycles. The van der Waals surface area contributed by atoms with Gasteiger partial charge in [-0.2, -0.15) is 0 Å². The maximum atomic E-state index is 2.32. The van der Waals surface area contributed by atoms with Crippen LogP contribution in [0.25, 0.3) is 0 Å². The average molecular weight is 227 g/mol. The summed E-state index contributed by atoms with van der Waals surface area (Å²) in [5.41, 5.74) is 2.85. The molecule has 0 spiro atoms. The first-order valence-electron chi connectivity index (χ1n) is 6.15. The molecule has 1 nitrogen and oxygen atoms in total. The number of hydrogen-bond donors (Lipinski definition) is 0. The highest BCUT2D eigenvalue weighted by molar-refractivity contribution is 5.56. The first-order valence-corrected chi connectivity index (χ1v) is 6.15. The van der Waals surface area contributed by atoms with Crippen LogP contribution in [0.3, 0.4) is 0 Å². The van der Waals surface area contributed by atoms with Gasteiger partial charge in [-0.3, -0.25) is 0 Å². The predicted octanol–water partition coefficient (Wildman–Crippen LogP) is 3.77. The molecule has 1 aromatic rings. The van der Waals surface area contributed by atoms with Gasteiger partial charge in [0.1, 0.15) is 0 Å². The molecule has 0 N–H and O–H groups in total. The maximum absolute atomic E-state index is 2.32.